The van der Waals surface area contributed by atoms with Gasteiger partial charge in [0.15, 0.2) is 0 Å². The molecule has 2 rings (SSSR count). The van der Waals surface area contributed by atoms with Gasteiger partial charge in [-0.25, -0.2) is 4.98 Å². The molecule has 0 atom stereocenters. The van der Waals surface area contributed by atoms with Gasteiger partial charge < -0.3 is 10.6 Å². The topological polar surface area (TPSA) is 42.2 Å². The molecule has 1 fully saturated rings. The van der Waals surface area contributed by atoms with E-state index in [2.05, 4.69) is 29.8 Å². The van der Waals surface area contributed by atoms with Crippen LogP contribution in [-0.4, -0.2) is 17.6 Å². The first kappa shape index (κ1) is 13.3. The van der Waals surface area contributed by atoms with Gasteiger partial charge in [0, 0.05) is 25.3 Å². The van der Waals surface area contributed by atoms with Crippen LogP contribution in [0.3, 0.4) is 0 Å². The Morgan fingerprint density at radius 1 is 1.33 bits per heavy atom. The highest BCUT2D eigenvalue weighted by Crippen LogP contribution is 2.28. The average Bonchev–Trinajstić information content (AvgIpc) is 2.42. The van der Waals surface area contributed by atoms with Crippen LogP contribution in [0.1, 0.15) is 50.2 Å². The third kappa shape index (κ3) is 2.83. The second kappa shape index (κ2) is 6.19. The summed E-state index contributed by atoms with van der Waals surface area (Å²) in [7, 11) is 0. The SMILES string of the molecule is CCN(c1ncc(CN)cc1C)C1CCCCC1. The maximum Gasteiger partial charge on any atom is 0.131 e. The van der Waals surface area contributed by atoms with Crippen LogP contribution in [-0.2, 0) is 6.54 Å². The highest BCUT2D eigenvalue weighted by Gasteiger charge is 2.22. The standard InChI is InChI=1S/C15H25N3/c1-3-18(14-7-5-4-6-8-14)15-12(2)9-13(10-16)11-17-15/h9,11,14H,3-8,10,16H2,1-2H3. The van der Waals surface area contributed by atoms with Gasteiger partial charge in [-0.2, -0.15) is 0 Å². The predicted octanol–water partition coefficient (Wildman–Crippen LogP) is 3.01. The molecule has 0 amide bonds. The molecule has 1 aliphatic rings. The summed E-state index contributed by atoms with van der Waals surface area (Å²) in [6, 6.07) is 2.85. The molecule has 0 aromatic carbocycles. The quantitative estimate of drug-likeness (QED) is 0.889. The van der Waals surface area contributed by atoms with Crippen molar-refractivity contribution in [3.63, 3.8) is 0 Å². The second-order valence-electron chi connectivity index (χ2n) is 5.27. The largest absolute Gasteiger partial charge is 0.354 e. The van der Waals surface area contributed by atoms with E-state index in [9.17, 15) is 0 Å². The molecule has 0 radical (unpaired) electrons. The van der Waals surface area contributed by atoms with Crippen molar-refractivity contribution in [3.05, 3.63) is 23.4 Å². The average molecular weight is 247 g/mol. The second-order valence-corrected chi connectivity index (χ2v) is 5.27. The van der Waals surface area contributed by atoms with Crippen molar-refractivity contribution in [3.8, 4) is 0 Å². The van der Waals surface area contributed by atoms with Crippen molar-refractivity contribution in [2.24, 2.45) is 5.73 Å². The lowest BCUT2D eigenvalue weighted by molar-refractivity contribution is 0.416. The Hall–Kier alpha value is -1.09. The Labute approximate surface area is 110 Å². The number of aromatic nitrogens is 1. The molecule has 0 saturated heterocycles. The first-order chi connectivity index (χ1) is 8.76. The fraction of sp³-hybridized carbons (Fsp3) is 0.667. The molecular weight excluding hydrogens is 222 g/mol. The molecule has 1 heterocycles. The van der Waals surface area contributed by atoms with E-state index >= 15 is 0 Å². The van der Waals surface area contributed by atoms with Crippen LogP contribution >= 0.6 is 0 Å². The van der Waals surface area contributed by atoms with E-state index in [4.69, 9.17) is 5.73 Å². The number of nitrogens with zero attached hydrogens (tertiary/aromatic N) is 2. The summed E-state index contributed by atoms with van der Waals surface area (Å²) in [4.78, 5) is 7.12. The van der Waals surface area contributed by atoms with Gasteiger partial charge in [0.1, 0.15) is 5.82 Å². The molecule has 0 spiro atoms. The van der Waals surface area contributed by atoms with Crippen LogP contribution in [0, 0.1) is 6.92 Å². The Bertz CT molecular complexity index is 383. The van der Waals surface area contributed by atoms with Gasteiger partial charge in [0.25, 0.3) is 0 Å². The van der Waals surface area contributed by atoms with Crippen LogP contribution in [0.25, 0.3) is 0 Å². The van der Waals surface area contributed by atoms with Crippen molar-refractivity contribution in [2.45, 2.75) is 58.5 Å². The number of anilines is 1. The summed E-state index contributed by atoms with van der Waals surface area (Å²) in [6.45, 7) is 5.99. The van der Waals surface area contributed by atoms with Gasteiger partial charge in [-0.3, -0.25) is 0 Å². The zero-order chi connectivity index (χ0) is 13.0. The van der Waals surface area contributed by atoms with Crippen molar-refractivity contribution in [1.29, 1.82) is 0 Å². The minimum absolute atomic E-state index is 0.573. The maximum atomic E-state index is 5.67. The highest BCUT2D eigenvalue weighted by atomic mass is 15.2. The molecule has 2 N–H and O–H groups in total. The van der Waals surface area contributed by atoms with Crippen molar-refractivity contribution < 1.29 is 0 Å². The summed E-state index contributed by atoms with van der Waals surface area (Å²) in [6.07, 6.45) is 8.67. The summed E-state index contributed by atoms with van der Waals surface area (Å²) < 4.78 is 0. The molecule has 100 valence electrons. The van der Waals surface area contributed by atoms with Gasteiger partial charge in [-0.15, -0.1) is 0 Å². The molecule has 3 heteroatoms. The lowest BCUT2D eigenvalue weighted by atomic mass is 9.94. The normalized spacial score (nSPS) is 16.8. The van der Waals surface area contributed by atoms with E-state index in [1.54, 1.807) is 0 Å². The number of hydrogen-bond acceptors (Lipinski definition) is 3. The minimum Gasteiger partial charge on any atom is -0.354 e. The van der Waals surface area contributed by atoms with Crippen molar-refractivity contribution in [2.75, 3.05) is 11.4 Å². The number of nitrogens with two attached hydrogens (primary N) is 1. The molecule has 0 aliphatic heterocycles. The van der Waals surface area contributed by atoms with Crippen LogP contribution in [0.15, 0.2) is 12.3 Å². The number of pyridine rings is 1. The van der Waals surface area contributed by atoms with E-state index < -0.39 is 0 Å². The molecule has 1 aromatic heterocycles. The Morgan fingerprint density at radius 3 is 2.61 bits per heavy atom. The van der Waals surface area contributed by atoms with Gasteiger partial charge in [-0.05, 0) is 43.9 Å². The Kier molecular flexibility index (Phi) is 4.59. The predicted molar refractivity (Wildman–Crippen MR) is 76.8 cm³/mol. The third-order valence-electron chi connectivity index (χ3n) is 3.97. The Balaban J connectivity index is 2.20. The molecule has 1 aliphatic carbocycles. The number of aryl methyl sites for hydroxylation is 1. The summed E-state index contributed by atoms with van der Waals surface area (Å²) in [5, 5.41) is 0. The van der Waals surface area contributed by atoms with E-state index in [0.29, 0.717) is 12.6 Å². The molecule has 0 bridgehead atoms. The summed E-state index contributed by atoms with van der Waals surface area (Å²) in [5.41, 5.74) is 8.04. The minimum atomic E-state index is 0.573. The fourth-order valence-corrected chi connectivity index (χ4v) is 3.01. The van der Waals surface area contributed by atoms with Gasteiger partial charge in [-0.1, -0.05) is 19.3 Å². The van der Waals surface area contributed by atoms with E-state index in [1.165, 1.54) is 37.7 Å². The molecule has 18 heavy (non-hydrogen) atoms. The molecule has 0 unspecified atom stereocenters. The third-order valence-corrected chi connectivity index (χ3v) is 3.97. The van der Waals surface area contributed by atoms with E-state index in [0.717, 1.165) is 17.9 Å². The first-order valence-corrected chi connectivity index (χ1v) is 7.18. The maximum absolute atomic E-state index is 5.67. The molecule has 3 nitrogen and oxygen atoms in total. The smallest absolute Gasteiger partial charge is 0.131 e. The molecule has 1 saturated carbocycles. The lowest BCUT2D eigenvalue weighted by Gasteiger charge is -2.35. The van der Waals surface area contributed by atoms with Crippen LogP contribution in [0.5, 0.6) is 0 Å². The Morgan fingerprint density at radius 2 is 2.06 bits per heavy atom. The monoisotopic (exact) mass is 247 g/mol. The highest BCUT2D eigenvalue weighted by molar-refractivity contribution is 5.48. The zero-order valence-corrected chi connectivity index (χ0v) is 11.7. The van der Waals surface area contributed by atoms with Crippen LogP contribution in [0.2, 0.25) is 0 Å². The van der Waals surface area contributed by atoms with Crippen molar-refractivity contribution in [1.82, 2.24) is 4.98 Å². The molecule has 1 aromatic rings. The fourth-order valence-electron chi connectivity index (χ4n) is 3.01. The van der Waals surface area contributed by atoms with Gasteiger partial charge in [0.05, 0.1) is 0 Å². The number of rotatable bonds is 4. The summed E-state index contributed by atoms with van der Waals surface area (Å²) in [5.74, 6) is 1.15. The van der Waals surface area contributed by atoms with Crippen LogP contribution < -0.4 is 10.6 Å². The summed E-state index contributed by atoms with van der Waals surface area (Å²) >= 11 is 0. The lowest BCUT2D eigenvalue weighted by Crippen LogP contribution is -2.37. The molecular formula is C15H25N3. The zero-order valence-electron chi connectivity index (χ0n) is 11.7. The van der Waals surface area contributed by atoms with E-state index in [-0.39, 0.29) is 0 Å². The van der Waals surface area contributed by atoms with E-state index in [1.807, 2.05) is 6.20 Å². The van der Waals surface area contributed by atoms with Gasteiger partial charge >= 0.3 is 0 Å². The first-order valence-electron chi connectivity index (χ1n) is 7.18. The number of hydrogen-bond donors (Lipinski definition) is 1. The van der Waals surface area contributed by atoms with Gasteiger partial charge in [0.2, 0.25) is 0 Å². The van der Waals surface area contributed by atoms with Crippen LogP contribution in [0.4, 0.5) is 5.82 Å². The van der Waals surface area contributed by atoms with Crippen molar-refractivity contribution >= 4 is 5.82 Å².